The van der Waals surface area contributed by atoms with E-state index in [0.29, 0.717) is 55.3 Å². The lowest BCUT2D eigenvalue weighted by Gasteiger charge is -2.34. The van der Waals surface area contributed by atoms with E-state index in [0.717, 1.165) is 55.6 Å². The normalized spacial score (nSPS) is 21.3. The minimum atomic E-state index is -1.21. The van der Waals surface area contributed by atoms with Crippen LogP contribution in [0.1, 0.15) is 61.2 Å². The molecule has 0 unspecified atom stereocenters. The van der Waals surface area contributed by atoms with E-state index in [9.17, 15) is 14.0 Å². The molecule has 198 valence electrons. The Bertz CT molecular complexity index is 1510. The van der Waals surface area contributed by atoms with Crippen molar-refractivity contribution in [2.45, 2.75) is 62.6 Å². The molecular formula is C28H31FN6O3. The van der Waals surface area contributed by atoms with Crippen LogP contribution >= 0.6 is 0 Å². The monoisotopic (exact) mass is 518 g/mol. The van der Waals surface area contributed by atoms with Gasteiger partial charge in [0.1, 0.15) is 12.2 Å². The summed E-state index contributed by atoms with van der Waals surface area (Å²) in [7, 11) is 0. The fourth-order valence-electron chi connectivity index (χ4n) is 6.41. The van der Waals surface area contributed by atoms with Crippen LogP contribution < -0.4 is 16.2 Å². The van der Waals surface area contributed by atoms with Crippen LogP contribution in [0.25, 0.3) is 11.4 Å². The summed E-state index contributed by atoms with van der Waals surface area (Å²) in [5.41, 5.74) is 2.38. The number of aromatic nitrogens is 4. The standard InChI is InChI=1S/C28H31FN6O3/c29-28(9-10-28)19-1-3-20(4-2-19)31-22(36)17-34-21-5-8-27(11-13-30-14-12-27)23(21)25(37)35-26(34)32-24(33-35)18-6-15-38-16-7-18/h1-4,6,30H,5,7-17H2,(H,31,36). The van der Waals surface area contributed by atoms with E-state index in [4.69, 9.17) is 9.72 Å². The van der Waals surface area contributed by atoms with Crippen LogP contribution in [0.5, 0.6) is 0 Å². The maximum absolute atomic E-state index is 14.4. The maximum atomic E-state index is 14.4. The number of carbonyl (C=O) groups excluding carboxylic acids is 1. The molecule has 10 heteroatoms. The second-order valence-corrected chi connectivity index (χ2v) is 11.0. The Balaban J connectivity index is 1.27. The van der Waals surface area contributed by atoms with Crippen molar-refractivity contribution >= 4 is 22.9 Å². The molecule has 38 heavy (non-hydrogen) atoms. The van der Waals surface area contributed by atoms with Crippen molar-refractivity contribution in [3.63, 3.8) is 0 Å². The molecule has 0 atom stereocenters. The average molecular weight is 519 g/mol. The molecule has 1 saturated heterocycles. The summed E-state index contributed by atoms with van der Waals surface area (Å²) >= 11 is 0. The number of benzene rings is 1. The molecular weight excluding hydrogens is 487 g/mol. The van der Waals surface area contributed by atoms with Crippen LogP contribution in [0.3, 0.4) is 0 Å². The molecule has 7 rings (SSSR count). The molecule has 1 amide bonds. The minimum absolute atomic E-state index is 0.00946. The highest BCUT2D eigenvalue weighted by Gasteiger charge is 2.45. The molecule has 4 heterocycles. The van der Waals surface area contributed by atoms with Gasteiger partial charge in [-0.05, 0) is 81.3 Å². The smallest absolute Gasteiger partial charge is 0.279 e. The van der Waals surface area contributed by atoms with Crippen LogP contribution in [0.2, 0.25) is 0 Å². The average Bonchev–Trinajstić information content (AvgIpc) is 3.37. The van der Waals surface area contributed by atoms with Gasteiger partial charge in [-0.1, -0.05) is 18.2 Å². The molecule has 1 saturated carbocycles. The van der Waals surface area contributed by atoms with E-state index >= 15 is 0 Å². The Kier molecular flexibility index (Phi) is 5.52. The lowest BCUT2D eigenvalue weighted by molar-refractivity contribution is -0.116. The lowest BCUT2D eigenvalue weighted by atomic mass is 9.75. The number of nitrogens with zero attached hydrogens (tertiary/aromatic N) is 4. The van der Waals surface area contributed by atoms with E-state index < -0.39 is 5.67 Å². The number of carbonyl (C=O) groups is 1. The maximum Gasteiger partial charge on any atom is 0.279 e. The van der Waals surface area contributed by atoms with Crippen molar-refractivity contribution < 1.29 is 13.9 Å². The molecule has 2 N–H and O–H groups in total. The highest BCUT2D eigenvalue weighted by Crippen LogP contribution is 2.49. The fraction of sp³-hybridized carbons (Fsp3) is 0.500. The fourth-order valence-corrected chi connectivity index (χ4v) is 6.41. The zero-order valence-electron chi connectivity index (χ0n) is 21.3. The number of anilines is 1. The first-order valence-electron chi connectivity index (χ1n) is 13.6. The van der Waals surface area contributed by atoms with Crippen molar-refractivity contribution in [2.24, 2.45) is 0 Å². The summed E-state index contributed by atoms with van der Waals surface area (Å²) in [6, 6.07) is 6.97. The van der Waals surface area contributed by atoms with Gasteiger partial charge in [0.2, 0.25) is 11.7 Å². The number of alkyl halides is 1. The number of amides is 1. The van der Waals surface area contributed by atoms with Crippen molar-refractivity contribution in [3.8, 4) is 0 Å². The van der Waals surface area contributed by atoms with Crippen LogP contribution in [0.15, 0.2) is 35.1 Å². The largest absolute Gasteiger partial charge is 0.377 e. The van der Waals surface area contributed by atoms with Crippen molar-refractivity contribution in [1.82, 2.24) is 24.5 Å². The first-order chi connectivity index (χ1) is 18.5. The highest BCUT2D eigenvalue weighted by molar-refractivity contribution is 5.91. The summed E-state index contributed by atoms with van der Waals surface area (Å²) in [6.07, 6.45) is 7.11. The summed E-state index contributed by atoms with van der Waals surface area (Å²) in [6.45, 7) is 2.82. The molecule has 4 aliphatic rings. The van der Waals surface area contributed by atoms with Crippen molar-refractivity contribution in [2.75, 3.05) is 31.6 Å². The van der Waals surface area contributed by atoms with Crippen LogP contribution in [-0.4, -0.2) is 51.4 Å². The highest BCUT2D eigenvalue weighted by atomic mass is 19.1. The summed E-state index contributed by atoms with van der Waals surface area (Å²) < 4.78 is 23.1. The number of halogens is 1. The third kappa shape index (κ3) is 3.89. The third-order valence-electron chi connectivity index (χ3n) is 8.71. The molecule has 9 nitrogen and oxygen atoms in total. The van der Waals surface area contributed by atoms with Gasteiger partial charge in [-0.15, -0.1) is 5.10 Å². The predicted molar refractivity (Wildman–Crippen MR) is 140 cm³/mol. The van der Waals surface area contributed by atoms with Gasteiger partial charge in [0.05, 0.1) is 13.2 Å². The predicted octanol–water partition coefficient (Wildman–Crippen LogP) is 2.86. The second-order valence-electron chi connectivity index (χ2n) is 11.0. The lowest BCUT2D eigenvalue weighted by Crippen LogP contribution is -2.42. The van der Waals surface area contributed by atoms with Crippen LogP contribution in [0, 0.1) is 0 Å². The van der Waals surface area contributed by atoms with Gasteiger partial charge < -0.3 is 19.9 Å². The Labute approximate surface area is 219 Å². The Morgan fingerprint density at radius 2 is 1.89 bits per heavy atom. The van der Waals surface area contributed by atoms with E-state index in [1.807, 2.05) is 10.6 Å². The molecule has 1 spiro atoms. The first kappa shape index (κ1) is 23.7. The number of rotatable bonds is 5. The zero-order valence-corrected chi connectivity index (χ0v) is 21.3. The van der Waals surface area contributed by atoms with Gasteiger partial charge >= 0.3 is 0 Å². The number of ether oxygens (including phenoxy) is 1. The second kappa shape index (κ2) is 8.84. The van der Waals surface area contributed by atoms with Gasteiger partial charge in [-0.3, -0.25) is 9.59 Å². The SMILES string of the molecule is O=C(Cn1c2c(c(=O)n3nc(C4=CCOCC4)nc13)C1(CCNCC1)CC2)Nc1ccc(C2(F)CC2)cc1. The zero-order chi connectivity index (χ0) is 25.9. The minimum Gasteiger partial charge on any atom is -0.377 e. The van der Waals surface area contributed by atoms with E-state index in [-0.39, 0.29) is 23.4 Å². The Hall–Kier alpha value is -3.37. The molecule has 0 radical (unpaired) electrons. The van der Waals surface area contributed by atoms with Gasteiger partial charge in [0.25, 0.3) is 5.56 Å². The van der Waals surface area contributed by atoms with Crippen molar-refractivity contribution in [3.05, 3.63) is 63.3 Å². The molecule has 1 aromatic carbocycles. The number of hydrogen-bond acceptors (Lipinski definition) is 6. The van der Waals surface area contributed by atoms with E-state index in [2.05, 4.69) is 15.7 Å². The summed E-state index contributed by atoms with van der Waals surface area (Å²) in [5.74, 6) is 0.673. The summed E-state index contributed by atoms with van der Waals surface area (Å²) in [4.78, 5) is 32.0. The Morgan fingerprint density at radius 1 is 1.11 bits per heavy atom. The topological polar surface area (TPSA) is 103 Å². The van der Waals surface area contributed by atoms with Gasteiger partial charge in [0.15, 0.2) is 5.82 Å². The molecule has 3 aromatic rings. The van der Waals surface area contributed by atoms with Gasteiger partial charge in [0, 0.05) is 22.4 Å². The first-order valence-corrected chi connectivity index (χ1v) is 13.6. The van der Waals surface area contributed by atoms with E-state index in [1.54, 1.807) is 24.3 Å². The number of piperidine rings is 1. The molecule has 2 fully saturated rings. The quantitative estimate of drug-likeness (QED) is 0.539. The van der Waals surface area contributed by atoms with Crippen LogP contribution in [0.4, 0.5) is 10.1 Å². The van der Waals surface area contributed by atoms with Crippen molar-refractivity contribution in [1.29, 1.82) is 0 Å². The molecule has 2 aliphatic heterocycles. The number of fused-ring (bicyclic) bond motifs is 3. The Morgan fingerprint density at radius 3 is 2.61 bits per heavy atom. The van der Waals surface area contributed by atoms with Crippen LogP contribution in [-0.2, 0) is 33.6 Å². The van der Waals surface area contributed by atoms with Gasteiger partial charge in [-0.2, -0.15) is 9.50 Å². The number of hydrogen-bond donors (Lipinski definition) is 2. The van der Waals surface area contributed by atoms with E-state index in [1.165, 1.54) is 4.52 Å². The number of nitrogens with one attached hydrogen (secondary N) is 2. The molecule has 2 aliphatic carbocycles. The van der Waals surface area contributed by atoms with Gasteiger partial charge in [-0.25, -0.2) is 4.39 Å². The molecule has 2 aromatic heterocycles. The molecule has 0 bridgehead atoms. The summed E-state index contributed by atoms with van der Waals surface area (Å²) in [5, 5.41) is 11.0. The third-order valence-corrected chi connectivity index (χ3v) is 8.71.